The summed E-state index contributed by atoms with van der Waals surface area (Å²) < 4.78 is 5.16. The molecule has 2 aromatic carbocycles. The fourth-order valence-electron chi connectivity index (χ4n) is 3.67. The molecule has 0 spiro atoms. The van der Waals surface area contributed by atoms with Crippen LogP contribution in [0.5, 0.6) is 0 Å². The number of amides is 1. The van der Waals surface area contributed by atoms with Crippen LogP contribution in [0.3, 0.4) is 0 Å². The summed E-state index contributed by atoms with van der Waals surface area (Å²) in [5, 5.41) is 2.16. The molecule has 2 aromatic rings. The van der Waals surface area contributed by atoms with Gasteiger partial charge < -0.3 is 9.64 Å². The topological polar surface area (TPSA) is 46.6 Å². The van der Waals surface area contributed by atoms with E-state index in [-0.39, 0.29) is 36.9 Å². The molecule has 0 bridgehead atoms. The molecule has 1 amide bonds. The lowest BCUT2D eigenvalue weighted by atomic mass is 10.0. The summed E-state index contributed by atoms with van der Waals surface area (Å²) in [5.41, 5.74) is 1.98. The zero-order chi connectivity index (χ0) is 16.8. The Morgan fingerprint density at radius 1 is 1.21 bits per heavy atom. The van der Waals surface area contributed by atoms with E-state index in [1.54, 1.807) is 0 Å². The molecule has 3 unspecified atom stereocenters. The van der Waals surface area contributed by atoms with Crippen LogP contribution in [0.1, 0.15) is 25.3 Å². The zero-order valence-electron chi connectivity index (χ0n) is 14.0. The molecule has 1 aliphatic carbocycles. The predicted octanol–water partition coefficient (Wildman–Crippen LogP) is 3.45. The van der Waals surface area contributed by atoms with Crippen LogP contribution in [0.2, 0.25) is 0 Å². The number of hydrogen-bond donors (Lipinski definition) is 0. The summed E-state index contributed by atoms with van der Waals surface area (Å²) >= 11 is 0. The molecular formula is C20H21NO3. The number of carbonyl (C=O) groups excluding carboxylic acids is 2. The standard InChI is InChI=1S/C20H21NO3/c1-12-7-8-14-5-3-4-6-16(14)19(12)21(15-10-18(22)24-11-15)20(23)17-9-13(17)2/h3-8,13,15,17H,9-11H2,1-2H3. The molecule has 3 atom stereocenters. The first-order chi connectivity index (χ1) is 11.6. The van der Waals surface area contributed by atoms with Gasteiger partial charge in [0.1, 0.15) is 6.61 Å². The van der Waals surface area contributed by atoms with Crippen molar-refractivity contribution in [1.82, 2.24) is 0 Å². The minimum atomic E-state index is -0.223. The number of benzene rings is 2. The van der Waals surface area contributed by atoms with E-state index < -0.39 is 0 Å². The van der Waals surface area contributed by atoms with Crippen LogP contribution in [0.4, 0.5) is 5.69 Å². The highest BCUT2D eigenvalue weighted by atomic mass is 16.5. The second-order valence-corrected chi connectivity index (χ2v) is 7.02. The van der Waals surface area contributed by atoms with Gasteiger partial charge in [0.2, 0.25) is 5.91 Å². The van der Waals surface area contributed by atoms with E-state index in [1.807, 2.05) is 36.1 Å². The zero-order valence-corrected chi connectivity index (χ0v) is 14.0. The van der Waals surface area contributed by atoms with Gasteiger partial charge >= 0.3 is 5.97 Å². The lowest BCUT2D eigenvalue weighted by Crippen LogP contribution is -2.42. The van der Waals surface area contributed by atoms with Gasteiger partial charge in [-0.25, -0.2) is 0 Å². The van der Waals surface area contributed by atoms with Crippen molar-refractivity contribution in [3.8, 4) is 0 Å². The third kappa shape index (κ3) is 2.46. The molecule has 4 heteroatoms. The smallest absolute Gasteiger partial charge is 0.308 e. The van der Waals surface area contributed by atoms with Crippen LogP contribution in [-0.4, -0.2) is 24.5 Å². The molecule has 4 rings (SSSR count). The average Bonchev–Trinajstić information content (AvgIpc) is 3.16. The fourth-order valence-corrected chi connectivity index (χ4v) is 3.67. The normalized spacial score (nSPS) is 25.6. The summed E-state index contributed by atoms with van der Waals surface area (Å²) in [4.78, 5) is 26.7. The van der Waals surface area contributed by atoms with E-state index in [4.69, 9.17) is 4.74 Å². The van der Waals surface area contributed by atoms with Crippen LogP contribution in [-0.2, 0) is 14.3 Å². The maximum Gasteiger partial charge on any atom is 0.308 e. The minimum absolute atomic E-state index is 0.0686. The number of ether oxygens (including phenoxy) is 1. The Morgan fingerprint density at radius 2 is 1.96 bits per heavy atom. The van der Waals surface area contributed by atoms with Gasteiger partial charge in [-0.1, -0.05) is 43.3 Å². The highest BCUT2D eigenvalue weighted by molar-refractivity contribution is 6.07. The van der Waals surface area contributed by atoms with Crippen molar-refractivity contribution < 1.29 is 14.3 Å². The van der Waals surface area contributed by atoms with Crippen molar-refractivity contribution in [3.63, 3.8) is 0 Å². The number of anilines is 1. The van der Waals surface area contributed by atoms with Gasteiger partial charge in [-0.15, -0.1) is 0 Å². The van der Waals surface area contributed by atoms with Gasteiger partial charge in [-0.3, -0.25) is 9.59 Å². The van der Waals surface area contributed by atoms with Crippen molar-refractivity contribution in [2.75, 3.05) is 11.5 Å². The van der Waals surface area contributed by atoms with E-state index in [0.717, 1.165) is 28.4 Å². The molecule has 1 saturated heterocycles. The average molecular weight is 323 g/mol. The number of carbonyl (C=O) groups is 2. The van der Waals surface area contributed by atoms with Crippen LogP contribution < -0.4 is 4.90 Å². The minimum Gasteiger partial charge on any atom is -0.463 e. The monoisotopic (exact) mass is 323 g/mol. The van der Waals surface area contributed by atoms with Crippen molar-refractivity contribution in [1.29, 1.82) is 0 Å². The number of nitrogens with zero attached hydrogens (tertiary/aromatic N) is 1. The molecule has 2 aliphatic rings. The Balaban J connectivity index is 1.85. The van der Waals surface area contributed by atoms with Crippen LogP contribution in [0.15, 0.2) is 36.4 Å². The van der Waals surface area contributed by atoms with Crippen molar-refractivity contribution in [2.24, 2.45) is 11.8 Å². The van der Waals surface area contributed by atoms with Gasteiger partial charge in [-0.05, 0) is 30.2 Å². The predicted molar refractivity (Wildman–Crippen MR) is 92.8 cm³/mol. The molecule has 0 radical (unpaired) electrons. The molecular weight excluding hydrogens is 302 g/mol. The number of esters is 1. The highest BCUT2D eigenvalue weighted by Crippen LogP contribution is 2.43. The molecule has 1 heterocycles. The molecule has 4 nitrogen and oxygen atoms in total. The van der Waals surface area contributed by atoms with E-state index in [2.05, 4.69) is 19.1 Å². The summed E-state index contributed by atoms with van der Waals surface area (Å²) in [6.07, 6.45) is 1.20. The lowest BCUT2D eigenvalue weighted by Gasteiger charge is -2.30. The van der Waals surface area contributed by atoms with E-state index >= 15 is 0 Å². The maximum absolute atomic E-state index is 13.2. The third-order valence-electron chi connectivity index (χ3n) is 5.21. The SMILES string of the molecule is Cc1ccc2ccccc2c1N(C(=O)C1CC1C)C1COC(=O)C1. The van der Waals surface area contributed by atoms with Crippen LogP contribution >= 0.6 is 0 Å². The summed E-state index contributed by atoms with van der Waals surface area (Å²) in [6, 6.07) is 12.0. The summed E-state index contributed by atoms with van der Waals surface area (Å²) in [6.45, 7) is 4.41. The van der Waals surface area contributed by atoms with Gasteiger partial charge in [0.25, 0.3) is 0 Å². The quantitative estimate of drug-likeness (QED) is 0.813. The van der Waals surface area contributed by atoms with Crippen molar-refractivity contribution in [2.45, 2.75) is 32.7 Å². The van der Waals surface area contributed by atoms with Gasteiger partial charge in [0, 0.05) is 11.3 Å². The third-order valence-corrected chi connectivity index (χ3v) is 5.21. The van der Waals surface area contributed by atoms with Gasteiger partial charge in [0.15, 0.2) is 0 Å². The highest BCUT2D eigenvalue weighted by Gasteiger charge is 2.45. The Labute approximate surface area is 141 Å². The molecule has 0 aromatic heterocycles. The second-order valence-electron chi connectivity index (χ2n) is 7.02. The number of cyclic esters (lactones) is 1. The number of hydrogen-bond acceptors (Lipinski definition) is 3. The van der Waals surface area contributed by atoms with Crippen LogP contribution in [0.25, 0.3) is 10.8 Å². The van der Waals surface area contributed by atoms with Crippen molar-refractivity contribution >= 4 is 28.3 Å². The number of aryl methyl sites for hydroxylation is 1. The Morgan fingerprint density at radius 3 is 2.62 bits per heavy atom. The Hall–Kier alpha value is -2.36. The molecule has 1 saturated carbocycles. The van der Waals surface area contributed by atoms with Gasteiger partial charge in [0.05, 0.1) is 18.2 Å². The van der Waals surface area contributed by atoms with E-state index in [9.17, 15) is 9.59 Å². The first kappa shape index (κ1) is 15.2. The van der Waals surface area contributed by atoms with E-state index in [1.165, 1.54) is 0 Å². The lowest BCUT2D eigenvalue weighted by molar-refractivity contribution is -0.138. The van der Waals surface area contributed by atoms with Gasteiger partial charge in [-0.2, -0.15) is 0 Å². The molecule has 1 aliphatic heterocycles. The Bertz CT molecular complexity index is 829. The number of fused-ring (bicyclic) bond motifs is 1. The number of rotatable bonds is 3. The van der Waals surface area contributed by atoms with E-state index in [0.29, 0.717) is 5.92 Å². The molecule has 24 heavy (non-hydrogen) atoms. The molecule has 124 valence electrons. The Kier molecular flexibility index (Phi) is 3.56. The first-order valence-electron chi connectivity index (χ1n) is 8.53. The summed E-state index contributed by atoms with van der Waals surface area (Å²) in [5.74, 6) is 0.400. The first-order valence-corrected chi connectivity index (χ1v) is 8.53. The fraction of sp³-hybridized carbons (Fsp3) is 0.400. The second kappa shape index (κ2) is 5.62. The van der Waals surface area contributed by atoms with Crippen molar-refractivity contribution in [3.05, 3.63) is 42.0 Å². The molecule has 0 N–H and O–H groups in total. The molecule has 2 fully saturated rings. The van der Waals surface area contributed by atoms with Crippen LogP contribution in [0, 0.1) is 18.8 Å². The summed E-state index contributed by atoms with van der Waals surface area (Å²) in [7, 11) is 0. The maximum atomic E-state index is 13.2. The largest absolute Gasteiger partial charge is 0.463 e.